The summed E-state index contributed by atoms with van der Waals surface area (Å²) in [6, 6.07) is 15.2. The first-order valence-electron chi connectivity index (χ1n) is 13.2. The Morgan fingerprint density at radius 2 is 1.83 bits per heavy atom. The molecule has 0 aromatic heterocycles. The van der Waals surface area contributed by atoms with Crippen LogP contribution in [0.25, 0.3) is 28.9 Å². The SMILES string of the molecule is C#C/C=C\C=C/CC.C=c1cc(-c2ccccc2)cc(C2=CC=CCCC2C)/c1=C(C)/C=C\C.CC. The Balaban J connectivity index is 0.000000554. The van der Waals surface area contributed by atoms with Crippen molar-refractivity contribution in [3.8, 4) is 23.5 Å². The Morgan fingerprint density at radius 3 is 2.47 bits per heavy atom. The van der Waals surface area contributed by atoms with Crippen LogP contribution < -0.4 is 10.4 Å². The maximum atomic E-state index is 4.94. The van der Waals surface area contributed by atoms with Crippen molar-refractivity contribution in [3.05, 3.63) is 113 Å². The molecular weight excluding hydrogens is 432 g/mol. The zero-order chi connectivity index (χ0) is 26.8. The third kappa shape index (κ3) is 9.59. The third-order valence-electron chi connectivity index (χ3n) is 5.83. The van der Waals surface area contributed by atoms with Gasteiger partial charge in [0.2, 0.25) is 0 Å². The molecule has 188 valence electrons. The molecule has 0 heterocycles. The second-order valence-electron chi connectivity index (χ2n) is 8.50. The summed E-state index contributed by atoms with van der Waals surface area (Å²) in [7, 11) is 0. The van der Waals surface area contributed by atoms with E-state index in [0.29, 0.717) is 5.92 Å². The van der Waals surface area contributed by atoms with Crippen molar-refractivity contribution in [2.45, 2.75) is 60.8 Å². The Labute approximate surface area is 220 Å². The highest BCUT2D eigenvalue weighted by Crippen LogP contribution is 2.29. The zero-order valence-electron chi connectivity index (χ0n) is 23.2. The summed E-state index contributed by atoms with van der Waals surface area (Å²) in [5.74, 6) is 2.93. The van der Waals surface area contributed by atoms with Crippen LogP contribution in [0.3, 0.4) is 0 Å². The van der Waals surface area contributed by atoms with Crippen LogP contribution in [0.1, 0.15) is 66.4 Å². The molecule has 0 heteroatoms. The summed E-state index contributed by atoms with van der Waals surface area (Å²) in [6.45, 7) is 17.1. The molecule has 2 aromatic rings. The van der Waals surface area contributed by atoms with Crippen molar-refractivity contribution in [2.75, 3.05) is 0 Å². The zero-order valence-corrected chi connectivity index (χ0v) is 23.2. The van der Waals surface area contributed by atoms with E-state index in [2.05, 4.69) is 113 Å². The molecule has 1 atom stereocenters. The van der Waals surface area contributed by atoms with Crippen LogP contribution in [0.4, 0.5) is 0 Å². The lowest BCUT2D eigenvalue weighted by atomic mass is 9.86. The predicted octanol–water partition coefficient (Wildman–Crippen LogP) is 9.05. The normalized spacial score (nSPS) is 15.9. The first kappa shape index (κ1) is 30.5. The molecule has 0 saturated carbocycles. The average Bonchev–Trinajstić information content (AvgIpc) is 3.12. The van der Waals surface area contributed by atoms with Gasteiger partial charge in [-0.1, -0.05) is 119 Å². The molecule has 36 heavy (non-hydrogen) atoms. The fourth-order valence-electron chi connectivity index (χ4n) is 4.14. The molecule has 0 N–H and O–H groups in total. The minimum Gasteiger partial charge on any atom is -0.115 e. The molecule has 0 radical (unpaired) electrons. The van der Waals surface area contributed by atoms with Crippen LogP contribution in [0.5, 0.6) is 0 Å². The van der Waals surface area contributed by atoms with Crippen molar-refractivity contribution in [1.29, 1.82) is 0 Å². The highest BCUT2D eigenvalue weighted by molar-refractivity contribution is 5.77. The van der Waals surface area contributed by atoms with Gasteiger partial charge in [-0.2, -0.15) is 0 Å². The van der Waals surface area contributed by atoms with E-state index >= 15 is 0 Å². The topological polar surface area (TPSA) is 0 Å². The van der Waals surface area contributed by atoms with Gasteiger partial charge in [0.1, 0.15) is 0 Å². The molecule has 2 aromatic carbocycles. The molecule has 0 spiro atoms. The van der Waals surface area contributed by atoms with Gasteiger partial charge in [0.15, 0.2) is 0 Å². The maximum Gasteiger partial charge on any atom is -0.00849 e. The minimum atomic E-state index is 0.535. The molecule has 0 bridgehead atoms. The molecule has 0 aliphatic heterocycles. The minimum absolute atomic E-state index is 0.535. The molecule has 0 saturated heterocycles. The van der Waals surface area contributed by atoms with Gasteiger partial charge in [-0.25, -0.2) is 0 Å². The van der Waals surface area contributed by atoms with Gasteiger partial charge in [-0.15, -0.1) is 6.42 Å². The molecular formula is C36H44. The summed E-state index contributed by atoms with van der Waals surface area (Å²) in [5.41, 5.74) is 6.50. The van der Waals surface area contributed by atoms with E-state index in [9.17, 15) is 0 Å². The van der Waals surface area contributed by atoms with Crippen molar-refractivity contribution in [2.24, 2.45) is 5.92 Å². The highest BCUT2D eigenvalue weighted by atomic mass is 14.2. The van der Waals surface area contributed by atoms with Crippen LogP contribution in [-0.2, 0) is 0 Å². The lowest BCUT2D eigenvalue weighted by Gasteiger charge is -2.18. The van der Waals surface area contributed by atoms with Crippen LogP contribution in [0, 0.1) is 18.3 Å². The third-order valence-corrected chi connectivity index (χ3v) is 5.83. The van der Waals surface area contributed by atoms with E-state index in [4.69, 9.17) is 6.42 Å². The first-order chi connectivity index (χ1) is 17.5. The van der Waals surface area contributed by atoms with Crippen LogP contribution in [0.2, 0.25) is 0 Å². The maximum absolute atomic E-state index is 4.94. The molecule has 3 rings (SSSR count). The van der Waals surface area contributed by atoms with Crippen molar-refractivity contribution >= 4 is 17.7 Å². The van der Waals surface area contributed by atoms with Crippen LogP contribution in [-0.4, -0.2) is 0 Å². The summed E-state index contributed by atoms with van der Waals surface area (Å²) < 4.78 is 0. The Kier molecular flexibility index (Phi) is 15.1. The molecule has 1 aliphatic carbocycles. The van der Waals surface area contributed by atoms with Gasteiger partial charge in [0.05, 0.1) is 0 Å². The second kappa shape index (κ2) is 17.8. The number of hydrogen-bond acceptors (Lipinski definition) is 0. The summed E-state index contributed by atoms with van der Waals surface area (Å²) in [4.78, 5) is 0. The van der Waals surface area contributed by atoms with E-state index < -0.39 is 0 Å². The lowest BCUT2D eigenvalue weighted by Crippen LogP contribution is -2.30. The molecule has 1 aliphatic rings. The number of terminal acetylenes is 1. The summed E-state index contributed by atoms with van der Waals surface area (Å²) >= 11 is 0. The van der Waals surface area contributed by atoms with Crippen molar-refractivity contribution in [1.82, 2.24) is 0 Å². The van der Waals surface area contributed by atoms with Gasteiger partial charge < -0.3 is 0 Å². The Bertz CT molecular complexity index is 1220. The van der Waals surface area contributed by atoms with Crippen LogP contribution in [0.15, 0.2) is 97.1 Å². The van der Waals surface area contributed by atoms with Gasteiger partial charge in [0.25, 0.3) is 0 Å². The molecule has 1 unspecified atom stereocenters. The number of hydrogen-bond donors (Lipinski definition) is 0. The van der Waals surface area contributed by atoms with E-state index in [1.165, 1.54) is 39.5 Å². The van der Waals surface area contributed by atoms with Crippen LogP contribution >= 0.6 is 0 Å². The monoisotopic (exact) mass is 476 g/mol. The number of rotatable bonds is 5. The summed E-state index contributed by atoms with van der Waals surface area (Å²) in [6.07, 6.45) is 26.9. The smallest absolute Gasteiger partial charge is 0.00849 e. The Hall–Kier alpha value is -3.56. The van der Waals surface area contributed by atoms with E-state index in [0.717, 1.165) is 18.1 Å². The highest BCUT2D eigenvalue weighted by Gasteiger charge is 2.15. The Morgan fingerprint density at radius 1 is 1.11 bits per heavy atom. The molecule has 0 fully saturated rings. The fourth-order valence-corrected chi connectivity index (χ4v) is 4.14. The lowest BCUT2D eigenvalue weighted by molar-refractivity contribution is 0.678. The quantitative estimate of drug-likeness (QED) is 0.298. The fraction of sp³-hybridized carbons (Fsp3) is 0.278. The van der Waals surface area contributed by atoms with Gasteiger partial charge >= 0.3 is 0 Å². The van der Waals surface area contributed by atoms with Crippen molar-refractivity contribution in [3.63, 3.8) is 0 Å². The molecule has 0 nitrogen and oxygen atoms in total. The predicted molar refractivity (Wildman–Crippen MR) is 165 cm³/mol. The van der Waals surface area contributed by atoms with Gasteiger partial charge in [-0.05, 0) is 95.5 Å². The van der Waals surface area contributed by atoms with E-state index in [1.54, 1.807) is 6.08 Å². The standard InChI is InChI=1S/C26H28.C8H10.C2H6/c1-5-12-20(3)26-21(4)17-23(22-14-9-7-10-15-22)18-25(26)24-16-11-6-8-13-19(24)2;1-3-5-7-8-6-4-2;1-2/h5-7,9-12,14-19H,4,8,13H2,1-3H3;1,5-8H,4H2,2H3;1-2H3/b12-5-,26-20+;7-5-,8-6-;. The average molecular weight is 477 g/mol. The number of benzene rings is 2. The van der Waals surface area contributed by atoms with Gasteiger partial charge in [-0.3, -0.25) is 0 Å². The molecule has 0 amide bonds. The van der Waals surface area contributed by atoms with Gasteiger partial charge in [0, 0.05) is 0 Å². The van der Waals surface area contributed by atoms with E-state index in [1.807, 2.05) is 32.1 Å². The van der Waals surface area contributed by atoms with Crippen molar-refractivity contribution < 1.29 is 0 Å². The summed E-state index contributed by atoms with van der Waals surface area (Å²) in [5, 5.41) is 2.37. The van der Waals surface area contributed by atoms with E-state index in [-0.39, 0.29) is 0 Å². The first-order valence-corrected chi connectivity index (χ1v) is 13.2. The number of allylic oxidation sites excluding steroid dienone is 10. The second-order valence-corrected chi connectivity index (χ2v) is 8.50. The largest absolute Gasteiger partial charge is 0.115 e.